The van der Waals surface area contributed by atoms with Gasteiger partial charge in [-0.15, -0.1) is 0 Å². The van der Waals surface area contributed by atoms with Crippen molar-refractivity contribution in [3.63, 3.8) is 0 Å². The first-order valence-corrected chi connectivity index (χ1v) is 24.5. The van der Waals surface area contributed by atoms with Gasteiger partial charge in [-0.05, 0) is 111 Å². The van der Waals surface area contributed by atoms with E-state index in [1.54, 1.807) is 12.4 Å². The normalized spacial score (nSPS) is 26.5. The number of pyridine rings is 2. The molecule has 0 aliphatic carbocycles. The first-order chi connectivity index (χ1) is 30.3. The number of aliphatic hydroxyl groups is 2. The molecule has 0 saturated carbocycles. The number of carbonyl (C=O) groups is 2. The summed E-state index contributed by atoms with van der Waals surface area (Å²) in [5, 5.41) is 31.4. The number of hydrogen-bond acceptors (Lipinski definition) is 8. The summed E-state index contributed by atoms with van der Waals surface area (Å²) in [5.41, 5.74) is 4.75. The summed E-state index contributed by atoms with van der Waals surface area (Å²) in [4.78, 5) is 40.3. The highest BCUT2D eigenvalue weighted by molar-refractivity contribution is 6.02. The van der Waals surface area contributed by atoms with Crippen LogP contribution in [0.4, 0.5) is 11.4 Å². The topological polar surface area (TPSA) is 131 Å². The fraction of sp³-hybridized carbons (Fsp3) is 0.615. The molecule has 10 rings (SSSR count). The number of benzene rings is 2. The first-order valence-electron chi connectivity index (χ1n) is 24.5. The maximum atomic E-state index is 13.0. The molecule has 0 spiro atoms. The SMILES string of the molecule is CC[C@@H]1CN2CC[C@@H]1C[C@H]2C(O)c1ccnc2c(NC(=O)CCCCCCCCCCCCC(=O)Nc3cccc4c(C(O)[C@@H]5C[C@@H]6CCN5C[C@@H]6CC)ccnc34)cccc12. The lowest BCUT2D eigenvalue weighted by Gasteiger charge is -2.51. The van der Waals surface area contributed by atoms with Crippen LogP contribution in [0.3, 0.4) is 0 Å². The van der Waals surface area contributed by atoms with Crippen LogP contribution in [0.25, 0.3) is 21.8 Å². The monoisotopic (exact) mass is 845 g/mol. The lowest BCUT2D eigenvalue weighted by atomic mass is 9.72. The van der Waals surface area contributed by atoms with Crippen LogP contribution in [0.1, 0.15) is 153 Å². The summed E-state index contributed by atoms with van der Waals surface area (Å²) < 4.78 is 0. The van der Waals surface area contributed by atoms with Crippen molar-refractivity contribution in [2.45, 2.75) is 154 Å². The van der Waals surface area contributed by atoms with E-state index < -0.39 is 12.2 Å². The molecule has 10 heteroatoms. The van der Waals surface area contributed by atoms with E-state index in [1.807, 2.05) is 48.5 Å². The van der Waals surface area contributed by atoms with Crippen molar-refractivity contribution < 1.29 is 19.8 Å². The minimum atomic E-state index is -0.573. The number of hydrogen-bond donors (Lipinski definition) is 4. The second kappa shape index (κ2) is 21.1. The maximum Gasteiger partial charge on any atom is 0.224 e. The smallest absolute Gasteiger partial charge is 0.224 e. The molecule has 6 saturated heterocycles. The summed E-state index contributed by atoms with van der Waals surface area (Å²) in [6.45, 7) is 8.87. The van der Waals surface area contributed by atoms with E-state index in [0.717, 1.165) is 134 Å². The number of carbonyl (C=O) groups excluding carboxylic acids is 2. The Bertz CT molecular complexity index is 1980. The summed E-state index contributed by atoms with van der Waals surface area (Å²) >= 11 is 0. The third-order valence-corrected chi connectivity index (χ3v) is 15.5. The molecule has 4 N–H and O–H groups in total. The molecule has 62 heavy (non-hydrogen) atoms. The van der Waals surface area contributed by atoms with Crippen LogP contribution in [0, 0.1) is 23.7 Å². The molecule has 6 aliphatic heterocycles. The quantitative estimate of drug-likeness (QED) is 0.0610. The molecule has 6 fully saturated rings. The van der Waals surface area contributed by atoms with E-state index >= 15 is 0 Å². The second-order valence-corrected chi connectivity index (χ2v) is 19.3. The molecule has 0 radical (unpaired) electrons. The Labute approximate surface area is 369 Å². The largest absolute Gasteiger partial charge is 0.387 e. The summed E-state index contributed by atoms with van der Waals surface area (Å²) in [5.74, 6) is 2.91. The van der Waals surface area contributed by atoms with Crippen LogP contribution in [0.5, 0.6) is 0 Å². The number of para-hydroxylation sites is 2. The van der Waals surface area contributed by atoms with E-state index in [-0.39, 0.29) is 23.9 Å². The second-order valence-electron chi connectivity index (χ2n) is 19.3. The third kappa shape index (κ3) is 10.2. The van der Waals surface area contributed by atoms with Gasteiger partial charge in [-0.3, -0.25) is 29.4 Å². The Hall–Kier alpha value is -3.96. The van der Waals surface area contributed by atoms with Crippen LogP contribution in [-0.4, -0.2) is 80.1 Å². The van der Waals surface area contributed by atoms with Crippen molar-refractivity contribution in [3.8, 4) is 0 Å². The maximum absolute atomic E-state index is 13.0. The Morgan fingerprint density at radius 1 is 0.613 bits per heavy atom. The standard InChI is InChI=1S/C52H72N6O4/c1-3-35-33-57-29-25-37(35)31-45(57)51(61)41-23-27-53-49-39(41)17-15-19-43(49)55-47(59)21-13-11-9-7-5-6-8-10-12-14-22-48(60)56-44-20-16-18-40-42(24-28-54-50(40)44)52(62)46-32-38-26-30-58(46)34-36(38)4-2/h15-20,23-24,27-28,35-38,45-46,51-52,61-62H,3-14,21-22,25-26,29-34H2,1-2H3,(H,55,59)(H,56,60)/t35-,36+,37-,38+,45-,46-,51?,52?/m0/s1. The number of nitrogens with one attached hydrogen (secondary N) is 2. The van der Waals surface area contributed by atoms with Gasteiger partial charge in [0.15, 0.2) is 0 Å². The van der Waals surface area contributed by atoms with Gasteiger partial charge in [-0.25, -0.2) is 0 Å². The van der Waals surface area contributed by atoms with Gasteiger partial charge in [0.2, 0.25) is 11.8 Å². The van der Waals surface area contributed by atoms with Gasteiger partial charge in [0.25, 0.3) is 0 Å². The zero-order chi connectivity index (χ0) is 43.0. The molecule has 334 valence electrons. The predicted molar refractivity (Wildman–Crippen MR) is 250 cm³/mol. The van der Waals surface area contributed by atoms with Crippen molar-refractivity contribution in [2.24, 2.45) is 23.7 Å². The fourth-order valence-electron chi connectivity index (χ4n) is 11.9. The Balaban J connectivity index is 0.690. The molecule has 2 aromatic heterocycles. The van der Waals surface area contributed by atoms with Crippen LogP contribution in [0.2, 0.25) is 0 Å². The molecule has 10 atom stereocenters. The van der Waals surface area contributed by atoms with Crippen molar-refractivity contribution in [3.05, 3.63) is 72.1 Å². The Kier molecular flexibility index (Phi) is 15.2. The number of amides is 2. The number of anilines is 2. The molecule has 2 aromatic carbocycles. The van der Waals surface area contributed by atoms with E-state index in [1.165, 1.54) is 51.4 Å². The van der Waals surface area contributed by atoms with Gasteiger partial charge in [0, 0.05) is 61.2 Å². The Morgan fingerprint density at radius 3 is 1.39 bits per heavy atom. The predicted octanol–water partition coefficient (Wildman–Crippen LogP) is 10.3. The zero-order valence-corrected chi connectivity index (χ0v) is 37.4. The number of nitrogens with zero attached hydrogens (tertiary/aromatic N) is 4. The van der Waals surface area contributed by atoms with Crippen LogP contribution >= 0.6 is 0 Å². The molecular formula is C52H72N6O4. The van der Waals surface area contributed by atoms with Gasteiger partial charge in [0.05, 0.1) is 34.6 Å². The molecule has 6 aliphatic rings. The minimum absolute atomic E-state index is 0.0165. The van der Waals surface area contributed by atoms with Crippen molar-refractivity contribution in [2.75, 3.05) is 36.8 Å². The summed E-state index contributed by atoms with van der Waals surface area (Å²) in [6, 6.07) is 16.0. The fourth-order valence-corrected chi connectivity index (χ4v) is 11.9. The molecule has 4 bridgehead atoms. The van der Waals surface area contributed by atoms with Gasteiger partial charge in [-0.2, -0.15) is 0 Å². The number of aromatic nitrogens is 2. The summed E-state index contributed by atoms with van der Waals surface area (Å²) in [6.07, 6.45) is 21.2. The van der Waals surface area contributed by atoms with Gasteiger partial charge >= 0.3 is 0 Å². The molecule has 10 nitrogen and oxygen atoms in total. The molecule has 4 aromatic rings. The van der Waals surface area contributed by atoms with Crippen molar-refractivity contribution in [1.29, 1.82) is 0 Å². The average molecular weight is 845 g/mol. The number of aliphatic hydroxyl groups excluding tert-OH is 2. The molecule has 4 unspecified atom stereocenters. The number of rotatable bonds is 21. The third-order valence-electron chi connectivity index (χ3n) is 15.5. The highest BCUT2D eigenvalue weighted by atomic mass is 16.3. The molecule has 8 heterocycles. The van der Waals surface area contributed by atoms with E-state index in [4.69, 9.17) is 0 Å². The zero-order valence-electron chi connectivity index (χ0n) is 37.4. The van der Waals surface area contributed by atoms with Gasteiger partial charge in [0.1, 0.15) is 0 Å². The van der Waals surface area contributed by atoms with E-state index in [2.05, 4.69) is 44.2 Å². The van der Waals surface area contributed by atoms with Gasteiger partial charge < -0.3 is 20.8 Å². The van der Waals surface area contributed by atoms with Crippen molar-refractivity contribution >= 4 is 45.0 Å². The average Bonchev–Trinajstić information content (AvgIpc) is 3.31. The number of unbranched alkanes of at least 4 members (excludes halogenated alkanes) is 9. The lowest BCUT2D eigenvalue weighted by Crippen LogP contribution is -2.55. The van der Waals surface area contributed by atoms with Crippen LogP contribution in [-0.2, 0) is 9.59 Å². The van der Waals surface area contributed by atoms with Crippen LogP contribution < -0.4 is 10.6 Å². The lowest BCUT2D eigenvalue weighted by molar-refractivity contribution is -0.117. The van der Waals surface area contributed by atoms with Crippen LogP contribution in [0.15, 0.2) is 60.9 Å². The highest BCUT2D eigenvalue weighted by Gasteiger charge is 2.44. The minimum Gasteiger partial charge on any atom is -0.387 e. The molecular weight excluding hydrogens is 773 g/mol. The van der Waals surface area contributed by atoms with Gasteiger partial charge in [-0.1, -0.05) is 102 Å². The van der Waals surface area contributed by atoms with Crippen molar-refractivity contribution in [1.82, 2.24) is 19.8 Å². The molecule has 2 amide bonds. The first kappa shape index (κ1) is 44.6. The highest BCUT2D eigenvalue weighted by Crippen LogP contribution is 2.44. The van der Waals surface area contributed by atoms with E-state index in [0.29, 0.717) is 24.7 Å². The summed E-state index contributed by atoms with van der Waals surface area (Å²) in [7, 11) is 0. The van der Waals surface area contributed by atoms with E-state index in [9.17, 15) is 19.8 Å². The number of fused-ring (bicyclic) bond motifs is 8. The number of piperidine rings is 6. The Morgan fingerprint density at radius 2 is 1.02 bits per heavy atom.